The Labute approximate surface area is 125 Å². The minimum absolute atomic E-state index is 0.247. The summed E-state index contributed by atoms with van der Waals surface area (Å²) in [6.07, 6.45) is 1.45. The van der Waals surface area contributed by atoms with Gasteiger partial charge in [0.15, 0.2) is 6.10 Å². The Morgan fingerprint density at radius 3 is 2.55 bits per heavy atom. The Bertz CT molecular complexity index is 391. The van der Waals surface area contributed by atoms with E-state index >= 15 is 0 Å². The number of carbonyl (C=O) groups is 1. The van der Waals surface area contributed by atoms with Gasteiger partial charge < -0.3 is 14.2 Å². The van der Waals surface area contributed by atoms with Crippen molar-refractivity contribution in [1.82, 2.24) is 0 Å². The van der Waals surface area contributed by atoms with E-state index in [0.717, 1.165) is 12.8 Å². The molecule has 4 nitrogen and oxygen atoms in total. The third kappa shape index (κ3) is 6.78. The van der Waals surface area contributed by atoms with Crippen LogP contribution in [0.3, 0.4) is 0 Å². The molecule has 0 aliphatic carbocycles. The first kappa shape index (κ1) is 16.8. The molecule has 0 bridgehead atoms. The number of ether oxygens (including phenoxy) is 3. The smallest absolute Gasteiger partial charge is 0.347 e. The van der Waals surface area contributed by atoms with E-state index in [1.54, 1.807) is 31.2 Å². The van der Waals surface area contributed by atoms with Crippen molar-refractivity contribution in [3.8, 4) is 5.75 Å². The maximum atomic E-state index is 11.7. The van der Waals surface area contributed by atoms with E-state index in [2.05, 4.69) is 6.92 Å². The lowest BCUT2D eigenvalue weighted by Crippen LogP contribution is -2.27. The zero-order valence-corrected chi connectivity index (χ0v) is 12.7. The summed E-state index contributed by atoms with van der Waals surface area (Å²) in [7, 11) is 0. The van der Waals surface area contributed by atoms with Crippen molar-refractivity contribution in [2.24, 2.45) is 0 Å². The molecule has 0 saturated heterocycles. The Kier molecular flexibility index (Phi) is 8.07. The van der Waals surface area contributed by atoms with E-state index in [0.29, 0.717) is 24.0 Å². The zero-order valence-electron chi connectivity index (χ0n) is 11.9. The van der Waals surface area contributed by atoms with E-state index in [9.17, 15) is 4.79 Å². The molecular weight excluding hydrogens is 280 g/mol. The number of hydrogen-bond acceptors (Lipinski definition) is 4. The number of hydrogen-bond donors (Lipinski definition) is 0. The van der Waals surface area contributed by atoms with Gasteiger partial charge in [0, 0.05) is 11.6 Å². The highest BCUT2D eigenvalue weighted by Crippen LogP contribution is 2.17. The van der Waals surface area contributed by atoms with E-state index in [1.807, 2.05) is 0 Å². The number of unbranched alkanes of at least 4 members (excludes halogenated alkanes) is 1. The molecular formula is C15H21ClO4. The third-order valence-corrected chi connectivity index (χ3v) is 2.82. The van der Waals surface area contributed by atoms with E-state index in [-0.39, 0.29) is 6.61 Å². The quantitative estimate of drug-likeness (QED) is 0.517. The van der Waals surface area contributed by atoms with Crippen LogP contribution in [0.4, 0.5) is 0 Å². The maximum Gasteiger partial charge on any atom is 0.347 e. The molecule has 0 heterocycles. The molecule has 112 valence electrons. The molecule has 0 aliphatic rings. The van der Waals surface area contributed by atoms with Crippen molar-refractivity contribution in [3.63, 3.8) is 0 Å². The molecule has 1 rings (SSSR count). The largest absolute Gasteiger partial charge is 0.479 e. The lowest BCUT2D eigenvalue weighted by atomic mass is 10.3. The summed E-state index contributed by atoms with van der Waals surface area (Å²) in [5.41, 5.74) is 0. The number of esters is 1. The van der Waals surface area contributed by atoms with Crippen LogP contribution in [0.2, 0.25) is 5.02 Å². The van der Waals surface area contributed by atoms with Gasteiger partial charge in [0.25, 0.3) is 0 Å². The van der Waals surface area contributed by atoms with Gasteiger partial charge in [-0.25, -0.2) is 4.79 Å². The number of halogens is 1. The molecule has 0 radical (unpaired) electrons. The highest BCUT2D eigenvalue weighted by atomic mass is 35.5. The van der Waals surface area contributed by atoms with E-state index < -0.39 is 12.1 Å². The second-order valence-electron chi connectivity index (χ2n) is 4.35. The van der Waals surface area contributed by atoms with Crippen LogP contribution in [0.15, 0.2) is 24.3 Å². The summed E-state index contributed by atoms with van der Waals surface area (Å²) in [5.74, 6) is 0.178. The molecule has 0 aromatic heterocycles. The van der Waals surface area contributed by atoms with Gasteiger partial charge in [0.1, 0.15) is 12.4 Å². The van der Waals surface area contributed by atoms with Crippen molar-refractivity contribution in [3.05, 3.63) is 29.3 Å². The minimum atomic E-state index is -0.660. The first-order valence-corrected chi connectivity index (χ1v) is 7.18. The van der Waals surface area contributed by atoms with Gasteiger partial charge in [-0.05, 0) is 37.6 Å². The number of carbonyl (C=O) groups excluding carboxylic acids is 1. The standard InChI is InChI=1S/C15H21ClO4/c1-3-4-9-18-10-11-19-15(17)12(2)20-14-7-5-13(16)6-8-14/h5-8,12H,3-4,9-11H2,1-2H3. The third-order valence-electron chi connectivity index (χ3n) is 2.57. The molecule has 20 heavy (non-hydrogen) atoms. The number of rotatable bonds is 9. The SMILES string of the molecule is CCCCOCCOC(=O)C(C)Oc1ccc(Cl)cc1. The van der Waals surface area contributed by atoms with Gasteiger partial charge in [-0.15, -0.1) is 0 Å². The fourth-order valence-electron chi connectivity index (χ4n) is 1.43. The molecule has 0 spiro atoms. The first-order chi connectivity index (χ1) is 9.63. The van der Waals surface area contributed by atoms with Gasteiger partial charge in [-0.3, -0.25) is 0 Å². The van der Waals surface area contributed by atoms with Gasteiger partial charge in [0.2, 0.25) is 0 Å². The molecule has 0 aliphatic heterocycles. The lowest BCUT2D eigenvalue weighted by Gasteiger charge is -2.14. The first-order valence-electron chi connectivity index (χ1n) is 6.80. The topological polar surface area (TPSA) is 44.8 Å². The van der Waals surface area contributed by atoms with Crippen molar-refractivity contribution in [2.75, 3.05) is 19.8 Å². The van der Waals surface area contributed by atoms with Crippen LogP contribution in [-0.2, 0) is 14.3 Å². The second kappa shape index (κ2) is 9.61. The second-order valence-corrected chi connectivity index (χ2v) is 4.78. The molecule has 1 unspecified atom stereocenters. The van der Waals surface area contributed by atoms with Crippen LogP contribution in [0.1, 0.15) is 26.7 Å². The molecule has 0 amide bonds. The molecule has 1 atom stereocenters. The predicted molar refractivity (Wildman–Crippen MR) is 78.2 cm³/mol. The van der Waals surface area contributed by atoms with Crippen molar-refractivity contribution in [1.29, 1.82) is 0 Å². The van der Waals surface area contributed by atoms with Gasteiger partial charge in [0.05, 0.1) is 6.61 Å². The Morgan fingerprint density at radius 2 is 1.90 bits per heavy atom. The number of benzene rings is 1. The van der Waals surface area contributed by atoms with Crippen molar-refractivity contribution >= 4 is 17.6 Å². The summed E-state index contributed by atoms with van der Waals surface area (Å²) in [5, 5.41) is 0.622. The van der Waals surface area contributed by atoms with Gasteiger partial charge in [-0.2, -0.15) is 0 Å². The normalized spacial score (nSPS) is 11.9. The van der Waals surface area contributed by atoms with Crippen LogP contribution in [0.25, 0.3) is 0 Å². The predicted octanol–water partition coefficient (Wildman–Crippen LogP) is 3.47. The van der Waals surface area contributed by atoms with Crippen LogP contribution in [-0.4, -0.2) is 31.9 Å². The molecule has 5 heteroatoms. The Balaban J connectivity index is 2.20. The average molecular weight is 301 g/mol. The Hall–Kier alpha value is -1.26. The van der Waals surface area contributed by atoms with Crippen LogP contribution >= 0.6 is 11.6 Å². The molecule has 0 saturated carbocycles. The molecule has 1 aromatic carbocycles. The summed E-state index contributed by atoms with van der Waals surface area (Å²) in [4.78, 5) is 11.7. The zero-order chi connectivity index (χ0) is 14.8. The van der Waals surface area contributed by atoms with Gasteiger partial charge >= 0.3 is 5.97 Å². The maximum absolute atomic E-state index is 11.7. The van der Waals surface area contributed by atoms with Crippen molar-refractivity contribution in [2.45, 2.75) is 32.8 Å². The Morgan fingerprint density at radius 1 is 1.20 bits per heavy atom. The monoisotopic (exact) mass is 300 g/mol. The van der Waals surface area contributed by atoms with Crippen LogP contribution in [0, 0.1) is 0 Å². The molecule has 0 fully saturated rings. The van der Waals surface area contributed by atoms with Crippen LogP contribution in [0.5, 0.6) is 5.75 Å². The fraction of sp³-hybridized carbons (Fsp3) is 0.533. The summed E-state index contributed by atoms with van der Waals surface area (Å²) in [6, 6.07) is 6.83. The molecule has 1 aromatic rings. The summed E-state index contributed by atoms with van der Waals surface area (Å²) < 4.78 is 15.8. The minimum Gasteiger partial charge on any atom is -0.479 e. The van der Waals surface area contributed by atoms with Crippen LogP contribution < -0.4 is 4.74 Å². The van der Waals surface area contributed by atoms with E-state index in [1.165, 1.54) is 0 Å². The fourth-order valence-corrected chi connectivity index (χ4v) is 1.56. The highest BCUT2D eigenvalue weighted by Gasteiger charge is 2.16. The summed E-state index contributed by atoms with van der Waals surface area (Å²) >= 11 is 5.77. The average Bonchev–Trinajstić information content (AvgIpc) is 2.45. The van der Waals surface area contributed by atoms with Gasteiger partial charge in [-0.1, -0.05) is 24.9 Å². The lowest BCUT2D eigenvalue weighted by molar-refractivity contribution is -0.152. The molecule has 0 N–H and O–H groups in total. The summed E-state index contributed by atoms with van der Waals surface area (Å²) in [6.45, 7) is 5.11. The van der Waals surface area contributed by atoms with E-state index in [4.69, 9.17) is 25.8 Å². The van der Waals surface area contributed by atoms with Crippen molar-refractivity contribution < 1.29 is 19.0 Å². The highest BCUT2D eigenvalue weighted by molar-refractivity contribution is 6.30.